The van der Waals surface area contributed by atoms with E-state index in [4.69, 9.17) is 4.74 Å². The maximum atomic E-state index is 12.0. The van der Waals surface area contributed by atoms with Crippen molar-refractivity contribution in [2.45, 2.75) is 115 Å². The topological polar surface area (TPSA) is 86.7 Å². The summed E-state index contributed by atoms with van der Waals surface area (Å²) in [4.78, 5) is 22.9. The smallest absolute Gasteiger partial charge is 0.306 e. The van der Waals surface area contributed by atoms with Crippen molar-refractivity contribution in [1.29, 1.82) is 0 Å². The van der Waals surface area contributed by atoms with Crippen LogP contribution < -0.4 is 5.11 Å². The lowest BCUT2D eigenvalue weighted by molar-refractivity contribution is -0.873. The standard InChI is InChI=1S/C24H47NO5/c1-5-6-7-10-13-16-21(26)17-14-11-8-9-12-15-18-24(29)30-22(19-23(27)28)20-25(2,3)4/h21-22,26H,5-20H2,1-4H3. The van der Waals surface area contributed by atoms with Gasteiger partial charge in [-0.1, -0.05) is 71.1 Å². The fourth-order valence-corrected chi connectivity index (χ4v) is 3.67. The summed E-state index contributed by atoms with van der Waals surface area (Å²) in [5, 5.41) is 20.9. The molecule has 0 heterocycles. The number of aliphatic hydroxyl groups is 1. The molecule has 178 valence electrons. The lowest BCUT2D eigenvalue weighted by Gasteiger charge is -2.29. The molecular weight excluding hydrogens is 382 g/mol. The first-order valence-electron chi connectivity index (χ1n) is 12.0. The number of esters is 1. The molecule has 30 heavy (non-hydrogen) atoms. The quantitative estimate of drug-likeness (QED) is 0.182. The van der Waals surface area contributed by atoms with Crippen molar-refractivity contribution in [3.05, 3.63) is 0 Å². The second kappa shape index (κ2) is 17.5. The van der Waals surface area contributed by atoms with Crippen LogP contribution in [0, 0.1) is 0 Å². The lowest BCUT2D eigenvalue weighted by Crippen LogP contribution is -2.45. The summed E-state index contributed by atoms with van der Waals surface area (Å²) in [7, 11) is 5.80. The molecule has 6 nitrogen and oxygen atoms in total. The molecule has 0 aliphatic carbocycles. The van der Waals surface area contributed by atoms with Gasteiger partial charge in [-0.05, 0) is 19.3 Å². The van der Waals surface area contributed by atoms with Gasteiger partial charge in [-0.25, -0.2) is 0 Å². The molecule has 0 saturated heterocycles. The maximum absolute atomic E-state index is 12.0. The molecule has 0 aliphatic rings. The average molecular weight is 430 g/mol. The molecular formula is C24H47NO5. The third-order valence-electron chi connectivity index (χ3n) is 5.25. The molecule has 0 aromatic carbocycles. The summed E-state index contributed by atoms with van der Waals surface area (Å²) in [6.07, 6.45) is 13.4. The van der Waals surface area contributed by atoms with Gasteiger partial charge in [0.1, 0.15) is 6.54 Å². The molecule has 0 aromatic heterocycles. The van der Waals surface area contributed by atoms with Gasteiger partial charge in [0.2, 0.25) is 0 Å². The molecule has 0 amide bonds. The molecule has 2 unspecified atom stereocenters. The number of hydrogen-bond donors (Lipinski definition) is 1. The van der Waals surface area contributed by atoms with E-state index in [2.05, 4.69) is 6.92 Å². The van der Waals surface area contributed by atoms with Gasteiger partial charge in [0.05, 0.1) is 27.2 Å². The van der Waals surface area contributed by atoms with Crippen molar-refractivity contribution >= 4 is 11.9 Å². The van der Waals surface area contributed by atoms with Gasteiger partial charge in [0, 0.05) is 18.8 Å². The molecule has 0 rings (SSSR count). The summed E-state index contributed by atoms with van der Waals surface area (Å²) in [6.45, 7) is 2.66. The van der Waals surface area contributed by atoms with Crippen LogP contribution in [0.1, 0.15) is 103 Å². The van der Waals surface area contributed by atoms with Crippen LogP contribution in [0.4, 0.5) is 0 Å². The Kier molecular flexibility index (Phi) is 16.9. The number of quaternary nitrogens is 1. The molecule has 1 N–H and O–H groups in total. The number of ether oxygens (including phenoxy) is 1. The number of rotatable bonds is 20. The summed E-state index contributed by atoms with van der Waals surface area (Å²) < 4.78 is 5.89. The Morgan fingerprint density at radius 2 is 1.37 bits per heavy atom. The molecule has 0 aromatic rings. The normalized spacial score (nSPS) is 13.8. The molecule has 6 heteroatoms. The Morgan fingerprint density at radius 3 is 1.87 bits per heavy atom. The number of nitrogens with zero attached hydrogens (tertiary/aromatic N) is 1. The van der Waals surface area contributed by atoms with Crippen molar-refractivity contribution < 1.29 is 29.0 Å². The van der Waals surface area contributed by atoms with E-state index in [0.717, 1.165) is 57.8 Å². The highest BCUT2D eigenvalue weighted by Crippen LogP contribution is 2.14. The van der Waals surface area contributed by atoms with Gasteiger partial charge in [0.25, 0.3) is 0 Å². The number of carbonyl (C=O) groups excluding carboxylic acids is 2. The van der Waals surface area contributed by atoms with E-state index >= 15 is 0 Å². The molecule has 0 bridgehead atoms. The van der Waals surface area contributed by atoms with Crippen molar-refractivity contribution in [3.63, 3.8) is 0 Å². The largest absolute Gasteiger partial charge is 0.550 e. The highest BCUT2D eigenvalue weighted by Gasteiger charge is 2.22. The Bertz CT molecular complexity index is 447. The number of aliphatic hydroxyl groups excluding tert-OH is 1. The first kappa shape index (κ1) is 28.9. The van der Waals surface area contributed by atoms with Crippen LogP contribution in [-0.4, -0.2) is 61.4 Å². The van der Waals surface area contributed by atoms with Crippen LogP contribution in [0.3, 0.4) is 0 Å². The number of unbranched alkanes of at least 4 members (excludes halogenated alkanes) is 9. The van der Waals surface area contributed by atoms with Crippen LogP contribution >= 0.6 is 0 Å². The van der Waals surface area contributed by atoms with E-state index in [1.165, 1.54) is 25.7 Å². The first-order chi connectivity index (χ1) is 14.1. The van der Waals surface area contributed by atoms with E-state index in [-0.39, 0.29) is 18.5 Å². The summed E-state index contributed by atoms with van der Waals surface area (Å²) in [6, 6.07) is 0. The van der Waals surface area contributed by atoms with E-state index in [9.17, 15) is 19.8 Å². The van der Waals surface area contributed by atoms with Crippen LogP contribution in [0.5, 0.6) is 0 Å². The van der Waals surface area contributed by atoms with Gasteiger partial charge in [-0.2, -0.15) is 0 Å². The van der Waals surface area contributed by atoms with Crippen LogP contribution in [0.25, 0.3) is 0 Å². The number of hydrogen-bond acceptors (Lipinski definition) is 5. The zero-order valence-electron chi connectivity index (χ0n) is 20.0. The Hall–Kier alpha value is -1.14. The summed E-state index contributed by atoms with van der Waals surface area (Å²) in [5.41, 5.74) is 0. The van der Waals surface area contributed by atoms with Crippen molar-refractivity contribution in [2.24, 2.45) is 0 Å². The average Bonchev–Trinajstić information content (AvgIpc) is 2.61. The maximum Gasteiger partial charge on any atom is 0.306 e. The molecule has 2 atom stereocenters. The highest BCUT2D eigenvalue weighted by atomic mass is 16.5. The Balaban J connectivity index is 3.70. The predicted molar refractivity (Wildman–Crippen MR) is 119 cm³/mol. The fraction of sp³-hybridized carbons (Fsp3) is 0.917. The molecule has 0 fully saturated rings. The van der Waals surface area contributed by atoms with E-state index < -0.39 is 12.1 Å². The van der Waals surface area contributed by atoms with Crippen LogP contribution in [0.15, 0.2) is 0 Å². The van der Waals surface area contributed by atoms with Gasteiger partial charge in [-0.3, -0.25) is 4.79 Å². The van der Waals surface area contributed by atoms with Gasteiger partial charge < -0.3 is 24.2 Å². The van der Waals surface area contributed by atoms with Crippen LogP contribution in [0.2, 0.25) is 0 Å². The van der Waals surface area contributed by atoms with Gasteiger partial charge in [-0.15, -0.1) is 0 Å². The molecule has 0 aliphatic heterocycles. The highest BCUT2D eigenvalue weighted by molar-refractivity contribution is 5.70. The lowest BCUT2D eigenvalue weighted by atomic mass is 10.0. The minimum absolute atomic E-state index is 0.151. The fourth-order valence-electron chi connectivity index (χ4n) is 3.67. The van der Waals surface area contributed by atoms with Crippen molar-refractivity contribution in [3.8, 4) is 0 Å². The molecule has 0 saturated carbocycles. The second-order valence-corrected chi connectivity index (χ2v) is 9.68. The zero-order chi connectivity index (χ0) is 22.8. The Labute approximate surface area is 184 Å². The van der Waals surface area contributed by atoms with E-state index in [1.807, 2.05) is 21.1 Å². The predicted octanol–water partition coefficient (Wildman–Crippen LogP) is 3.59. The van der Waals surface area contributed by atoms with Crippen LogP contribution in [-0.2, 0) is 14.3 Å². The van der Waals surface area contributed by atoms with Gasteiger partial charge >= 0.3 is 5.97 Å². The number of carboxylic acid groups (broad SMARTS) is 1. The molecule has 0 spiro atoms. The van der Waals surface area contributed by atoms with E-state index in [0.29, 0.717) is 17.4 Å². The van der Waals surface area contributed by atoms with Crippen molar-refractivity contribution in [1.82, 2.24) is 0 Å². The number of likely N-dealkylation sites (N-methyl/N-ethyl adjacent to an activating group) is 1. The first-order valence-corrected chi connectivity index (χ1v) is 12.0. The second-order valence-electron chi connectivity index (χ2n) is 9.68. The van der Waals surface area contributed by atoms with E-state index in [1.54, 1.807) is 0 Å². The number of carbonyl (C=O) groups is 2. The van der Waals surface area contributed by atoms with Crippen molar-refractivity contribution in [2.75, 3.05) is 27.7 Å². The molecule has 0 radical (unpaired) electrons. The van der Waals surface area contributed by atoms with Gasteiger partial charge in [0.15, 0.2) is 6.10 Å². The summed E-state index contributed by atoms with van der Waals surface area (Å²) >= 11 is 0. The number of carboxylic acids is 1. The number of aliphatic carboxylic acids is 1. The summed E-state index contributed by atoms with van der Waals surface area (Å²) in [5.74, 6) is -1.51. The Morgan fingerprint density at radius 1 is 0.867 bits per heavy atom. The minimum Gasteiger partial charge on any atom is -0.550 e. The monoisotopic (exact) mass is 429 g/mol. The minimum atomic E-state index is -1.19. The SMILES string of the molecule is CCCCCCCC(O)CCCCCCCCC(=O)OC(CC(=O)[O-])C[N+](C)(C)C. The third kappa shape index (κ3) is 20.1. The third-order valence-corrected chi connectivity index (χ3v) is 5.25. The zero-order valence-corrected chi connectivity index (χ0v) is 20.0.